The summed E-state index contributed by atoms with van der Waals surface area (Å²) < 4.78 is 12.5. The second-order valence-electron chi connectivity index (χ2n) is 5.07. The number of imidazole rings is 1. The topological polar surface area (TPSA) is 65.5 Å². The highest BCUT2D eigenvalue weighted by atomic mass is 16.6. The summed E-state index contributed by atoms with van der Waals surface area (Å²) in [6.45, 7) is 6.35. The van der Waals surface area contributed by atoms with E-state index in [1.807, 2.05) is 49.7 Å². The first-order chi connectivity index (χ1) is 9.61. The minimum Gasteiger partial charge on any atom is -0.442 e. The van der Waals surface area contributed by atoms with Gasteiger partial charge in [-0.25, -0.2) is 4.98 Å². The monoisotopic (exact) mass is 272 g/mol. The normalized spacial score (nSPS) is 11.4. The van der Waals surface area contributed by atoms with Crippen LogP contribution in [0.15, 0.2) is 29.0 Å². The van der Waals surface area contributed by atoms with Crippen LogP contribution in [0.2, 0.25) is 0 Å². The Morgan fingerprint density at radius 2 is 2.10 bits per heavy atom. The third kappa shape index (κ3) is 2.49. The molecule has 0 amide bonds. The lowest BCUT2D eigenvalue weighted by molar-refractivity contribution is 0.193. The average molecular weight is 272 g/mol. The molecule has 0 aromatic carbocycles. The summed E-state index contributed by atoms with van der Waals surface area (Å²) in [5.41, 5.74) is 2.89. The molecule has 3 aromatic rings. The molecule has 6 heteroatoms. The largest absolute Gasteiger partial charge is 0.442 e. The molecule has 0 aliphatic carbocycles. The number of aryl methyl sites for hydroxylation is 1. The van der Waals surface area contributed by atoms with Crippen LogP contribution >= 0.6 is 0 Å². The molecule has 104 valence electrons. The van der Waals surface area contributed by atoms with Crippen LogP contribution in [0, 0.1) is 6.92 Å². The van der Waals surface area contributed by atoms with Crippen LogP contribution < -0.4 is 4.74 Å². The summed E-state index contributed by atoms with van der Waals surface area (Å²) in [5.74, 6) is 0.861. The summed E-state index contributed by atoms with van der Waals surface area (Å²) >= 11 is 0. The molecule has 0 radical (unpaired) electrons. The van der Waals surface area contributed by atoms with Gasteiger partial charge in [0.05, 0.1) is 5.69 Å². The zero-order chi connectivity index (χ0) is 14.1. The minimum atomic E-state index is 0.182. The van der Waals surface area contributed by atoms with Crippen molar-refractivity contribution in [3.63, 3.8) is 0 Å². The third-order valence-corrected chi connectivity index (χ3v) is 2.93. The van der Waals surface area contributed by atoms with Gasteiger partial charge < -0.3 is 9.14 Å². The van der Waals surface area contributed by atoms with Gasteiger partial charge in [-0.1, -0.05) is 25.1 Å². The Bertz CT molecular complexity index is 730. The van der Waals surface area contributed by atoms with Crippen LogP contribution in [0.5, 0.6) is 6.08 Å². The predicted octanol–water partition coefficient (Wildman–Crippen LogP) is 2.73. The van der Waals surface area contributed by atoms with Crippen LogP contribution in [-0.2, 0) is 6.61 Å². The Morgan fingerprint density at radius 1 is 1.25 bits per heavy atom. The van der Waals surface area contributed by atoms with E-state index in [1.54, 1.807) is 0 Å². The molecule has 0 N–H and O–H groups in total. The molecule has 0 fully saturated rings. The Hall–Kier alpha value is -2.37. The minimum absolute atomic E-state index is 0.182. The van der Waals surface area contributed by atoms with Crippen molar-refractivity contribution in [1.82, 2.24) is 19.5 Å². The number of fused-ring (bicyclic) bond motifs is 1. The molecule has 6 nitrogen and oxygen atoms in total. The first kappa shape index (κ1) is 12.7. The first-order valence-corrected chi connectivity index (χ1v) is 6.52. The average Bonchev–Trinajstić information content (AvgIpc) is 3.01. The highest BCUT2D eigenvalue weighted by molar-refractivity contribution is 5.41. The molecule has 0 atom stereocenters. The SMILES string of the molecule is Cc1ccc2nc(COc3nc(C(C)C)no3)cn2c1. The van der Waals surface area contributed by atoms with Gasteiger partial charge in [0.15, 0.2) is 5.82 Å². The van der Waals surface area contributed by atoms with E-state index in [0.717, 1.165) is 11.3 Å². The van der Waals surface area contributed by atoms with Crippen molar-refractivity contribution >= 4 is 5.65 Å². The lowest BCUT2D eigenvalue weighted by atomic mass is 10.2. The van der Waals surface area contributed by atoms with E-state index in [1.165, 1.54) is 5.56 Å². The standard InChI is InChI=1S/C14H16N4O2/c1-9(2)13-16-14(20-17-13)19-8-11-7-18-6-10(3)4-5-12(18)15-11/h4-7,9H,8H2,1-3H3. The van der Waals surface area contributed by atoms with Crippen LogP contribution in [-0.4, -0.2) is 19.5 Å². The van der Waals surface area contributed by atoms with E-state index in [4.69, 9.17) is 9.26 Å². The van der Waals surface area contributed by atoms with E-state index >= 15 is 0 Å². The lowest BCUT2D eigenvalue weighted by Crippen LogP contribution is -1.96. The quantitative estimate of drug-likeness (QED) is 0.730. The van der Waals surface area contributed by atoms with Crippen LogP contribution in [0.3, 0.4) is 0 Å². The number of hydrogen-bond acceptors (Lipinski definition) is 5. The number of pyridine rings is 1. The van der Waals surface area contributed by atoms with Gasteiger partial charge in [-0.3, -0.25) is 4.52 Å². The molecule has 3 rings (SSSR count). The van der Waals surface area contributed by atoms with E-state index < -0.39 is 0 Å². The van der Waals surface area contributed by atoms with Gasteiger partial charge in [-0.05, 0) is 18.6 Å². The molecule has 0 saturated carbocycles. The third-order valence-electron chi connectivity index (χ3n) is 2.93. The molecule has 3 heterocycles. The van der Waals surface area contributed by atoms with Gasteiger partial charge in [0, 0.05) is 18.3 Å². The second-order valence-corrected chi connectivity index (χ2v) is 5.07. The maximum atomic E-state index is 5.47. The molecule has 20 heavy (non-hydrogen) atoms. The Morgan fingerprint density at radius 3 is 2.85 bits per heavy atom. The summed E-state index contributed by atoms with van der Waals surface area (Å²) in [4.78, 5) is 8.62. The highest BCUT2D eigenvalue weighted by Gasteiger charge is 2.11. The molecular weight excluding hydrogens is 256 g/mol. The number of hydrogen-bond donors (Lipinski definition) is 0. The van der Waals surface area contributed by atoms with Crippen LogP contribution in [0.25, 0.3) is 5.65 Å². The fourth-order valence-electron chi connectivity index (χ4n) is 1.87. The first-order valence-electron chi connectivity index (χ1n) is 6.52. The van der Waals surface area contributed by atoms with Crippen molar-refractivity contribution in [1.29, 1.82) is 0 Å². The summed E-state index contributed by atoms with van der Waals surface area (Å²) in [5, 5.41) is 3.85. The number of rotatable bonds is 4. The molecule has 3 aromatic heterocycles. The van der Waals surface area contributed by atoms with Crippen LogP contribution in [0.1, 0.15) is 36.8 Å². The van der Waals surface area contributed by atoms with Gasteiger partial charge in [-0.2, -0.15) is 4.98 Å². The fraction of sp³-hybridized carbons (Fsp3) is 0.357. The molecule has 0 spiro atoms. The maximum absolute atomic E-state index is 5.47. The molecule has 0 aliphatic heterocycles. The van der Waals surface area contributed by atoms with Gasteiger partial charge in [-0.15, -0.1) is 0 Å². The summed E-state index contributed by atoms with van der Waals surface area (Å²) in [6, 6.07) is 4.00. The van der Waals surface area contributed by atoms with Crippen molar-refractivity contribution in [3.05, 3.63) is 41.6 Å². The Kier molecular flexibility index (Phi) is 3.14. The van der Waals surface area contributed by atoms with Gasteiger partial charge >= 0.3 is 6.08 Å². The van der Waals surface area contributed by atoms with Crippen molar-refractivity contribution in [3.8, 4) is 6.08 Å². The van der Waals surface area contributed by atoms with Crippen molar-refractivity contribution < 1.29 is 9.26 Å². The summed E-state index contributed by atoms with van der Waals surface area (Å²) in [6.07, 6.45) is 4.14. The Balaban J connectivity index is 1.72. The molecule has 0 aliphatic rings. The van der Waals surface area contributed by atoms with Gasteiger partial charge in [0.1, 0.15) is 12.3 Å². The van der Waals surface area contributed by atoms with Gasteiger partial charge in [0.25, 0.3) is 0 Å². The number of nitrogens with zero attached hydrogens (tertiary/aromatic N) is 4. The van der Waals surface area contributed by atoms with E-state index in [2.05, 4.69) is 15.1 Å². The zero-order valence-electron chi connectivity index (χ0n) is 11.7. The second kappa shape index (κ2) is 4.96. The molecule has 0 bridgehead atoms. The fourth-order valence-corrected chi connectivity index (χ4v) is 1.87. The smallest absolute Gasteiger partial charge is 0.417 e. The predicted molar refractivity (Wildman–Crippen MR) is 72.6 cm³/mol. The number of aromatic nitrogens is 4. The van der Waals surface area contributed by atoms with Crippen molar-refractivity contribution in [2.75, 3.05) is 0 Å². The highest BCUT2D eigenvalue weighted by Crippen LogP contribution is 2.15. The summed E-state index contributed by atoms with van der Waals surface area (Å²) in [7, 11) is 0. The van der Waals surface area contributed by atoms with Crippen molar-refractivity contribution in [2.45, 2.75) is 33.3 Å². The molecule has 0 saturated heterocycles. The zero-order valence-corrected chi connectivity index (χ0v) is 11.7. The molecule has 0 unspecified atom stereocenters. The van der Waals surface area contributed by atoms with Crippen molar-refractivity contribution in [2.24, 2.45) is 0 Å². The van der Waals surface area contributed by atoms with E-state index in [0.29, 0.717) is 12.4 Å². The maximum Gasteiger partial charge on any atom is 0.417 e. The lowest BCUT2D eigenvalue weighted by Gasteiger charge is -1.96. The Labute approximate surface area is 116 Å². The van der Waals surface area contributed by atoms with Gasteiger partial charge in [0.2, 0.25) is 0 Å². The van der Waals surface area contributed by atoms with E-state index in [-0.39, 0.29) is 12.0 Å². The van der Waals surface area contributed by atoms with E-state index in [9.17, 15) is 0 Å². The van der Waals surface area contributed by atoms with Crippen LogP contribution in [0.4, 0.5) is 0 Å². The molecular formula is C14H16N4O2. The number of ether oxygens (including phenoxy) is 1.